The fourth-order valence-corrected chi connectivity index (χ4v) is 2.15. The summed E-state index contributed by atoms with van der Waals surface area (Å²) in [5, 5.41) is 7.64. The van der Waals surface area contributed by atoms with Crippen LogP contribution >= 0.6 is 27.3 Å². The summed E-state index contributed by atoms with van der Waals surface area (Å²) in [6.45, 7) is 0. The molecule has 6 heteroatoms. The lowest BCUT2D eigenvalue weighted by molar-refractivity contribution is 0.112. The smallest absolute Gasteiger partial charge is 0.206 e. The van der Waals surface area contributed by atoms with Gasteiger partial charge in [-0.1, -0.05) is 11.3 Å². The summed E-state index contributed by atoms with van der Waals surface area (Å²) in [5.41, 5.74) is 0. The van der Waals surface area contributed by atoms with Gasteiger partial charge in [-0.3, -0.25) is 0 Å². The van der Waals surface area contributed by atoms with Gasteiger partial charge < -0.3 is 0 Å². The minimum Gasteiger partial charge on any atom is -0.206 e. The zero-order valence-corrected chi connectivity index (χ0v) is 7.62. The van der Waals surface area contributed by atoms with Gasteiger partial charge in [-0.25, -0.2) is 8.78 Å². The Kier molecular flexibility index (Phi) is 1.51. The van der Waals surface area contributed by atoms with Crippen molar-refractivity contribution >= 4 is 27.3 Å². The van der Waals surface area contributed by atoms with Crippen molar-refractivity contribution in [2.24, 2.45) is 0 Å². The molecule has 11 heavy (non-hydrogen) atoms. The van der Waals surface area contributed by atoms with Crippen LogP contribution in [0.15, 0.2) is 3.92 Å². The first-order chi connectivity index (χ1) is 5.09. The van der Waals surface area contributed by atoms with Gasteiger partial charge >= 0.3 is 0 Å². The van der Waals surface area contributed by atoms with Crippen molar-refractivity contribution < 1.29 is 8.78 Å². The molecule has 0 bridgehead atoms. The zero-order valence-electron chi connectivity index (χ0n) is 5.22. The highest BCUT2D eigenvalue weighted by Crippen LogP contribution is 2.56. The summed E-state index contributed by atoms with van der Waals surface area (Å²) in [7, 11) is 0. The first-order valence-corrected chi connectivity index (χ1v) is 4.57. The van der Waals surface area contributed by atoms with Crippen LogP contribution < -0.4 is 0 Å². The van der Waals surface area contributed by atoms with Gasteiger partial charge in [0.1, 0.15) is 5.01 Å². The molecule has 1 aliphatic carbocycles. The van der Waals surface area contributed by atoms with Crippen LogP contribution in [0.3, 0.4) is 0 Å². The number of halogens is 3. The molecule has 1 aliphatic rings. The van der Waals surface area contributed by atoms with Crippen molar-refractivity contribution in [3.05, 3.63) is 8.92 Å². The van der Waals surface area contributed by atoms with Crippen molar-refractivity contribution in [2.45, 2.75) is 18.3 Å². The SMILES string of the molecule is FC1(F)CC1c1nnc(Br)s1. The Hall–Kier alpha value is -0.100. The summed E-state index contributed by atoms with van der Waals surface area (Å²) in [6, 6.07) is 0. The largest absolute Gasteiger partial charge is 0.258 e. The number of aromatic nitrogens is 2. The molecule has 0 radical (unpaired) electrons. The molecule has 1 fully saturated rings. The lowest BCUT2D eigenvalue weighted by Crippen LogP contribution is -1.91. The molecule has 2 nitrogen and oxygen atoms in total. The quantitative estimate of drug-likeness (QED) is 0.754. The highest BCUT2D eigenvalue weighted by atomic mass is 79.9. The van der Waals surface area contributed by atoms with E-state index in [0.29, 0.717) is 8.92 Å². The van der Waals surface area contributed by atoms with E-state index >= 15 is 0 Å². The Morgan fingerprint density at radius 2 is 2.18 bits per heavy atom. The maximum Gasteiger partial charge on any atom is 0.258 e. The highest BCUT2D eigenvalue weighted by Gasteiger charge is 2.59. The second-order valence-electron chi connectivity index (χ2n) is 2.41. The highest BCUT2D eigenvalue weighted by molar-refractivity contribution is 9.11. The van der Waals surface area contributed by atoms with E-state index in [-0.39, 0.29) is 6.42 Å². The molecule has 1 unspecified atom stereocenters. The standard InChI is InChI=1S/C5H3BrF2N2S/c6-4-10-9-3(11-4)2-1-5(2,7)8/h2H,1H2. The third-order valence-electron chi connectivity index (χ3n) is 1.54. The Morgan fingerprint density at radius 3 is 2.55 bits per heavy atom. The molecule has 1 saturated carbocycles. The number of alkyl halides is 2. The van der Waals surface area contributed by atoms with Gasteiger partial charge in [0.15, 0.2) is 3.92 Å². The Morgan fingerprint density at radius 1 is 1.55 bits per heavy atom. The molecular weight excluding hydrogens is 238 g/mol. The minimum atomic E-state index is -2.53. The van der Waals surface area contributed by atoms with Gasteiger partial charge in [0, 0.05) is 6.42 Å². The number of hydrogen-bond donors (Lipinski definition) is 0. The Balaban J connectivity index is 2.20. The molecule has 1 aromatic rings. The summed E-state index contributed by atoms with van der Waals surface area (Å²) in [6.07, 6.45) is -0.0748. The van der Waals surface area contributed by atoms with E-state index in [2.05, 4.69) is 26.1 Å². The van der Waals surface area contributed by atoms with E-state index in [1.54, 1.807) is 0 Å². The number of rotatable bonds is 1. The van der Waals surface area contributed by atoms with Crippen molar-refractivity contribution in [1.29, 1.82) is 0 Å². The topological polar surface area (TPSA) is 25.8 Å². The average molecular weight is 241 g/mol. The van der Waals surface area contributed by atoms with Crippen LogP contribution in [0.1, 0.15) is 17.3 Å². The van der Waals surface area contributed by atoms with Crippen LogP contribution in [0.4, 0.5) is 8.78 Å². The van der Waals surface area contributed by atoms with E-state index in [1.165, 1.54) is 11.3 Å². The molecule has 1 aromatic heterocycles. The number of nitrogens with zero attached hydrogens (tertiary/aromatic N) is 2. The second-order valence-corrected chi connectivity index (χ2v) is 4.70. The average Bonchev–Trinajstić information content (AvgIpc) is 2.39. The maximum absolute atomic E-state index is 12.4. The number of hydrogen-bond acceptors (Lipinski definition) is 3. The van der Waals surface area contributed by atoms with E-state index < -0.39 is 11.8 Å². The van der Waals surface area contributed by atoms with Gasteiger partial charge in [0.2, 0.25) is 0 Å². The molecule has 0 amide bonds. The third-order valence-corrected chi connectivity index (χ3v) is 3.01. The predicted octanol–water partition coefficient (Wildman–Crippen LogP) is 2.42. The molecule has 0 aliphatic heterocycles. The van der Waals surface area contributed by atoms with Gasteiger partial charge in [0.25, 0.3) is 5.92 Å². The van der Waals surface area contributed by atoms with Crippen molar-refractivity contribution in [3.63, 3.8) is 0 Å². The van der Waals surface area contributed by atoms with Crippen LogP contribution in [-0.2, 0) is 0 Å². The van der Waals surface area contributed by atoms with Crippen LogP contribution in [0, 0.1) is 0 Å². The summed E-state index contributed by atoms with van der Waals surface area (Å²) in [5.74, 6) is -3.20. The minimum absolute atomic E-state index is 0.0748. The van der Waals surface area contributed by atoms with E-state index in [1.807, 2.05) is 0 Å². The monoisotopic (exact) mass is 240 g/mol. The molecule has 1 heterocycles. The van der Waals surface area contributed by atoms with Gasteiger partial charge in [-0.2, -0.15) is 0 Å². The molecule has 0 aromatic carbocycles. The van der Waals surface area contributed by atoms with E-state index in [4.69, 9.17) is 0 Å². The maximum atomic E-state index is 12.4. The van der Waals surface area contributed by atoms with Crippen molar-refractivity contribution in [2.75, 3.05) is 0 Å². The first kappa shape index (κ1) is 7.54. The van der Waals surface area contributed by atoms with Crippen molar-refractivity contribution in [3.8, 4) is 0 Å². The lowest BCUT2D eigenvalue weighted by Gasteiger charge is -1.88. The summed E-state index contributed by atoms with van der Waals surface area (Å²) in [4.78, 5) is 0. The lowest BCUT2D eigenvalue weighted by atomic mass is 10.4. The molecule has 0 N–H and O–H groups in total. The first-order valence-electron chi connectivity index (χ1n) is 2.96. The van der Waals surface area contributed by atoms with Crippen LogP contribution in [0.5, 0.6) is 0 Å². The normalized spacial score (nSPS) is 27.0. The zero-order chi connectivity index (χ0) is 8.06. The molecule has 60 valence electrons. The van der Waals surface area contributed by atoms with Gasteiger partial charge in [0.05, 0.1) is 5.92 Å². The van der Waals surface area contributed by atoms with Gasteiger partial charge in [-0.05, 0) is 15.9 Å². The summed E-state index contributed by atoms with van der Waals surface area (Å²) < 4.78 is 25.4. The predicted molar refractivity (Wildman–Crippen MR) is 39.9 cm³/mol. The second kappa shape index (κ2) is 2.20. The van der Waals surface area contributed by atoms with Crippen LogP contribution in [-0.4, -0.2) is 16.1 Å². The molecule has 1 atom stereocenters. The Bertz CT molecular complexity index is 288. The van der Waals surface area contributed by atoms with E-state index in [9.17, 15) is 8.78 Å². The fourth-order valence-electron chi connectivity index (χ4n) is 0.838. The summed E-state index contributed by atoms with van der Waals surface area (Å²) >= 11 is 4.24. The molecule has 2 rings (SSSR count). The fraction of sp³-hybridized carbons (Fsp3) is 0.600. The van der Waals surface area contributed by atoms with E-state index in [0.717, 1.165) is 0 Å². The van der Waals surface area contributed by atoms with Crippen molar-refractivity contribution in [1.82, 2.24) is 10.2 Å². The van der Waals surface area contributed by atoms with Crippen LogP contribution in [0.25, 0.3) is 0 Å². The molecule has 0 spiro atoms. The molecule has 0 saturated heterocycles. The van der Waals surface area contributed by atoms with Crippen LogP contribution in [0.2, 0.25) is 0 Å². The molecular formula is C5H3BrF2N2S. The van der Waals surface area contributed by atoms with Gasteiger partial charge in [-0.15, -0.1) is 10.2 Å². The third kappa shape index (κ3) is 1.29. The Labute approximate surface area is 73.8 Å².